The van der Waals surface area contributed by atoms with Crippen LogP contribution in [0.5, 0.6) is 0 Å². The zero-order valence-corrected chi connectivity index (χ0v) is 12.0. The molecule has 6 heteroatoms. The average Bonchev–Trinajstić information content (AvgIpc) is 2.49. The van der Waals surface area contributed by atoms with Gasteiger partial charge in [0.1, 0.15) is 0 Å². The Kier molecular flexibility index (Phi) is 4.73. The predicted molar refractivity (Wildman–Crippen MR) is 82.0 cm³/mol. The lowest BCUT2D eigenvalue weighted by Gasteiger charge is -2.08. The third-order valence-corrected chi connectivity index (χ3v) is 3.21. The molecule has 1 aromatic heterocycles. The fourth-order valence-electron chi connectivity index (χ4n) is 1.95. The molecule has 114 valence electrons. The highest BCUT2D eigenvalue weighted by Crippen LogP contribution is 2.14. The number of carbonyl (C=O) groups excluding carboxylic acids is 1. The molecule has 22 heavy (non-hydrogen) atoms. The Morgan fingerprint density at radius 2 is 1.91 bits per heavy atom. The monoisotopic (exact) mass is 300 g/mol. The van der Waals surface area contributed by atoms with Gasteiger partial charge in [0.25, 0.3) is 5.91 Å². The summed E-state index contributed by atoms with van der Waals surface area (Å²) in [6.07, 6.45) is 1.84. The summed E-state index contributed by atoms with van der Waals surface area (Å²) >= 11 is 0. The number of hydrogen-bond donors (Lipinski definition) is 3. The van der Waals surface area contributed by atoms with Gasteiger partial charge < -0.3 is 15.4 Å². The molecule has 1 unspecified atom stereocenters. The van der Waals surface area contributed by atoms with Gasteiger partial charge in [0.2, 0.25) is 5.56 Å². The Bertz CT molecular complexity index is 734. The summed E-state index contributed by atoms with van der Waals surface area (Å²) in [5.74, 6) is -1.68. The van der Waals surface area contributed by atoms with Crippen molar-refractivity contribution in [2.45, 2.75) is 13.3 Å². The quantitative estimate of drug-likeness (QED) is 0.785. The molecule has 0 aliphatic rings. The molecule has 0 saturated carbocycles. The number of H-pyrrole nitrogens is 1. The molecular weight excluding hydrogens is 284 g/mol. The number of anilines is 1. The van der Waals surface area contributed by atoms with E-state index in [4.69, 9.17) is 5.11 Å². The molecule has 1 amide bonds. The van der Waals surface area contributed by atoms with Crippen molar-refractivity contribution in [3.63, 3.8) is 0 Å². The Labute approximate surface area is 126 Å². The molecule has 2 aromatic rings. The van der Waals surface area contributed by atoms with E-state index in [0.717, 1.165) is 5.56 Å². The molecule has 1 atom stereocenters. The van der Waals surface area contributed by atoms with Crippen molar-refractivity contribution in [1.29, 1.82) is 0 Å². The lowest BCUT2D eigenvalue weighted by atomic mass is 10.0. The third-order valence-electron chi connectivity index (χ3n) is 3.21. The van der Waals surface area contributed by atoms with Gasteiger partial charge in [-0.05, 0) is 30.2 Å². The maximum Gasteiger partial charge on any atom is 0.306 e. The number of rotatable bonds is 5. The molecule has 0 spiro atoms. The van der Waals surface area contributed by atoms with E-state index in [-0.39, 0.29) is 17.0 Å². The first-order valence-electron chi connectivity index (χ1n) is 6.77. The molecule has 0 aliphatic carbocycles. The molecule has 1 aromatic carbocycles. The average molecular weight is 300 g/mol. The highest BCUT2D eigenvalue weighted by atomic mass is 16.4. The number of hydrogen-bond acceptors (Lipinski definition) is 3. The third kappa shape index (κ3) is 4.05. The normalized spacial score (nSPS) is 11.7. The Balaban J connectivity index is 2.03. The number of benzene rings is 1. The van der Waals surface area contributed by atoms with Crippen LogP contribution >= 0.6 is 0 Å². The molecule has 0 aliphatic heterocycles. The van der Waals surface area contributed by atoms with E-state index in [0.29, 0.717) is 12.1 Å². The van der Waals surface area contributed by atoms with Crippen LogP contribution in [0, 0.1) is 5.92 Å². The molecular formula is C16H16N2O4. The molecule has 1 heterocycles. The number of carboxylic acid groups (broad SMARTS) is 1. The Morgan fingerprint density at radius 3 is 2.50 bits per heavy atom. The standard InChI is InChI=1S/C16H16N2O4/c1-10(16(21)22)8-11-2-4-13(5-3-11)18-15(20)12-6-7-17-14(19)9-12/h2-7,9-10H,8H2,1H3,(H,17,19)(H,18,20)(H,21,22). The zero-order valence-electron chi connectivity index (χ0n) is 12.0. The second kappa shape index (κ2) is 6.71. The number of carboxylic acids is 1. The molecule has 6 nitrogen and oxygen atoms in total. The highest BCUT2D eigenvalue weighted by Gasteiger charge is 2.11. The first-order chi connectivity index (χ1) is 10.5. The first-order valence-corrected chi connectivity index (χ1v) is 6.77. The van der Waals surface area contributed by atoms with Crippen molar-refractivity contribution in [3.8, 4) is 0 Å². The lowest BCUT2D eigenvalue weighted by Crippen LogP contribution is -2.15. The van der Waals surface area contributed by atoms with Gasteiger partial charge in [0, 0.05) is 23.5 Å². The van der Waals surface area contributed by atoms with Crippen LogP contribution in [-0.4, -0.2) is 22.0 Å². The number of aromatic nitrogens is 1. The van der Waals surface area contributed by atoms with Crippen molar-refractivity contribution < 1.29 is 14.7 Å². The molecule has 0 bridgehead atoms. The van der Waals surface area contributed by atoms with Gasteiger partial charge >= 0.3 is 5.97 Å². The summed E-state index contributed by atoms with van der Waals surface area (Å²) in [7, 11) is 0. The maximum absolute atomic E-state index is 12.0. The second-order valence-electron chi connectivity index (χ2n) is 5.04. The van der Waals surface area contributed by atoms with E-state index in [2.05, 4.69) is 10.3 Å². The highest BCUT2D eigenvalue weighted by molar-refractivity contribution is 6.04. The van der Waals surface area contributed by atoms with Crippen LogP contribution in [0.2, 0.25) is 0 Å². The minimum Gasteiger partial charge on any atom is -0.481 e. The van der Waals surface area contributed by atoms with E-state index in [9.17, 15) is 14.4 Å². The van der Waals surface area contributed by atoms with E-state index in [1.54, 1.807) is 31.2 Å². The second-order valence-corrected chi connectivity index (χ2v) is 5.04. The largest absolute Gasteiger partial charge is 0.481 e. The van der Waals surface area contributed by atoms with E-state index in [1.165, 1.54) is 18.3 Å². The van der Waals surface area contributed by atoms with Crippen molar-refractivity contribution in [1.82, 2.24) is 4.98 Å². The minimum atomic E-state index is -0.841. The molecule has 0 fully saturated rings. The van der Waals surface area contributed by atoms with Crippen molar-refractivity contribution in [2.75, 3.05) is 5.32 Å². The molecule has 0 saturated heterocycles. The zero-order chi connectivity index (χ0) is 16.1. The van der Waals surface area contributed by atoms with Crippen molar-refractivity contribution >= 4 is 17.6 Å². The van der Waals surface area contributed by atoms with Gasteiger partial charge in [-0.15, -0.1) is 0 Å². The summed E-state index contributed by atoms with van der Waals surface area (Å²) in [6.45, 7) is 1.64. The van der Waals surface area contributed by atoms with Crippen LogP contribution < -0.4 is 10.9 Å². The smallest absolute Gasteiger partial charge is 0.306 e. The lowest BCUT2D eigenvalue weighted by molar-refractivity contribution is -0.141. The summed E-state index contributed by atoms with van der Waals surface area (Å²) in [6, 6.07) is 9.68. The van der Waals surface area contributed by atoms with Crippen LogP contribution in [0.4, 0.5) is 5.69 Å². The van der Waals surface area contributed by atoms with Gasteiger partial charge in [-0.1, -0.05) is 19.1 Å². The van der Waals surface area contributed by atoms with Crippen molar-refractivity contribution in [2.24, 2.45) is 5.92 Å². The van der Waals surface area contributed by atoms with Crippen LogP contribution in [0.25, 0.3) is 0 Å². The van der Waals surface area contributed by atoms with E-state index < -0.39 is 11.9 Å². The van der Waals surface area contributed by atoms with Crippen LogP contribution in [0.15, 0.2) is 47.4 Å². The van der Waals surface area contributed by atoms with Crippen LogP contribution in [0.1, 0.15) is 22.8 Å². The fraction of sp³-hybridized carbons (Fsp3) is 0.188. The summed E-state index contributed by atoms with van der Waals surface area (Å²) in [4.78, 5) is 36.4. The van der Waals surface area contributed by atoms with Crippen molar-refractivity contribution in [3.05, 3.63) is 64.1 Å². The predicted octanol–water partition coefficient (Wildman–Crippen LogP) is 1.89. The number of aliphatic carboxylic acids is 1. The van der Waals surface area contributed by atoms with E-state index >= 15 is 0 Å². The number of aromatic amines is 1. The topological polar surface area (TPSA) is 99.3 Å². The Morgan fingerprint density at radius 1 is 1.23 bits per heavy atom. The summed E-state index contributed by atoms with van der Waals surface area (Å²) < 4.78 is 0. The molecule has 2 rings (SSSR count). The number of amides is 1. The van der Waals surface area contributed by atoms with E-state index in [1.807, 2.05) is 0 Å². The molecule has 0 radical (unpaired) electrons. The fourth-order valence-corrected chi connectivity index (χ4v) is 1.95. The Hall–Kier alpha value is -2.89. The van der Waals surface area contributed by atoms with Crippen LogP contribution in [0.3, 0.4) is 0 Å². The first kappa shape index (κ1) is 15.5. The van der Waals surface area contributed by atoms with Gasteiger partial charge in [0.15, 0.2) is 0 Å². The minimum absolute atomic E-state index is 0.271. The number of carbonyl (C=O) groups is 2. The summed E-state index contributed by atoms with van der Waals surface area (Å²) in [5, 5.41) is 11.6. The SMILES string of the molecule is CC(Cc1ccc(NC(=O)c2cc[nH]c(=O)c2)cc1)C(=O)O. The van der Waals surface area contributed by atoms with Crippen LogP contribution in [-0.2, 0) is 11.2 Å². The number of nitrogens with one attached hydrogen (secondary N) is 2. The van der Waals surface area contributed by atoms with Gasteiger partial charge in [0.05, 0.1) is 5.92 Å². The maximum atomic E-state index is 12.0. The van der Waals surface area contributed by atoms with Gasteiger partial charge in [-0.25, -0.2) is 0 Å². The summed E-state index contributed by atoms with van der Waals surface area (Å²) in [5.41, 5.74) is 1.39. The molecule has 3 N–H and O–H groups in total. The van der Waals surface area contributed by atoms with Gasteiger partial charge in [-0.3, -0.25) is 14.4 Å². The van der Waals surface area contributed by atoms with Gasteiger partial charge in [-0.2, -0.15) is 0 Å². The number of pyridine rings is 1.